The SMILES string of the molecule is CC(C)c1cc(C2=C(CO)CCC2)c(O)c(C(C)C)c1. The first-order valence-electron chi connectivity index (χ1n) is 7.64. The minimum Gasteiger partial charge on any atom is -0.507 e. The minimum absolute atomic E-state index is 0.109. The van der Waals surface area contributed by atoms with Gasteiger partial charge < -0.3 is 10.2 Å². The van der Waals surface area contributed by atoms with Crippen LogP contribution in [0.25, 0.3) is 5.57 Å². The maximum Gasteiger partial charge on any atom is 0.126 e. The second-order valence-electron chi connectivity index (χ2n) is 6.41. The summed E-state index contributed by atoms with van der Waals surface area (Å²) in [6.45, 7) is 8.68. The highest BCUT2D eigenvalue weighted by Crippen LogP contribution is 2.42. The van der Waals surface area contributed by atoms with E-state index in [9.17, 15) is 10.2 Å². The highest BCUT2D eigenvalue weighted by Gasteiger charge is 2.21. The smallest absolute Gasteiger partial charge is 0.126 e. The molecule has 0 saturated heterocycles. The average Bonchev–Trinajstić information content (AvgIpc) is 2.86. The van der Waals surface area contributed by atoms with Crippen LogP contribution in [0, 0.1) is 0 Å². The number of allylic oxidation sites excluding steroid dienone is 1. The quantitative estimate of drug-likeness (QED) is 0.844. The molecule has 0 spiro atoms. The zero-order valence-corrected chi connectivity index (χ0v) is 13.0. The molecule has 1 aliphatic carbocycles. The number of benzene rings is 1. The van der Waals surface area contributed by atoms with E-state index >= 15 is 0 Å². The van der Waals surface area contributed by atoms with E-state index in [1.165, 1.54) is 5.56 Å². The summed E-state index contributed by atoms with van der Waals surface area (Å²) >= 11 is 0. The van der Waals surface area contributed by atoms with Crippen molar-refractivity contribution in [2.45, 2.75) is 58.8 Å². The predicted molar refractivity (Wildman–Crippen MR) is 84.1 cm³/mol. The van der Waals surface area contributed by atoms with E-state index in [1.807, 2.05) is 0 Å². The number of phenolic OH excluding ortho intramolecular Hbond substituents is 1. The van der Waals surface area contributed by atoms with Crippen molar-refractivity contribution < 1.29 is 10.2 Å². The molecule has 1 aliphatic rings. The largest absolute Gasteiger partial charge is 0.507 e. The summed E-state index contributed by atoms with van der Waals surface area (Å²) in [5, 5.41) is 20.1. The van der Waals surface area contributed by atoms with Crippen molar-refractivity contribution in [2.24, 2.45) is 0 Å². The van der Waals surface area contributed by atoms with Crippen molar-refractivity contribution in [3.8, 4) is 5.75 Å². The minimum atomic E-state index is 0.109. The fourth-order valence-corrected chi connectivity index (χ4v) is 2.99. The third-order valence-electron chi connectivity index (χ3n) is 4.30. The van der Waals surface area contributed by atoms with Crippen LogP contribution in [0.3, 0.4) is 0 Å². The monoisotopic (exact) mass is 274 g/mol. The molecule has 1 aromatic rings. The Kier molecular flexibility index (Phi) is 4.54. The van der Waals surface area contributed by atoms with Crippen LogP contribution in [0.2, 0.25) is 0 Å². The highest BCUT2D eigenvalue weighted by molar-refractivity contribution is 5.76. The molecule has 0 amide bonds. The molecule has 2 N–H and O–H groups in total. The van der Waals surface area contributed by atoms with Crippen molar-refractivity contribution in [1.29, 1.82) is 0 Å². The summed E-state index contributed by atoms with van der Waals surface area (Å²) in [6.07, 6.45) is 2.99. The number of rotatable bonds is 4. The molecule has 0 atom stereocenters. The van der Waals surface area contributed by atoms with E-state index in [0.29, 0.717) is 17.6 Å². The number of aliphatic hydroxyl groups is 1. The van der Waals surface area contributed by atoms with E-state index in [-0.39, 0.29) is 6.61 Å². The van der Waals surface area contributed by atoms with Gasteiger partial charge in [-0.05, 0) is 59.4 Å². The Bertz CT molecular complexity index is 524. The van der Waals surface area contributed by atoms with Crippen molar-refractivity contribution in [3.05, 3.63) is 34.4 Å². The molecule has 0 radical (unpaired) electrons. The van der Waals surface area contributed by atoms with E-state index in [0.717, 1.165) is 41.5 Å². The first kappa shape index (κ1) is 15.1. The van der Waals surface area contributed by atoms with E-state index in [2.05, 4.69) is 39.8 Å². The summed E-state index contributed by atoms with van der Waals surface area (Å²) < 4.78 is 0. The van der Waals surface area contributed by atoms with Crippen LogP contribution in [0.15, 0.2) is 17.7 Å². The zero-order valence-electron chi connectivity index (χ0n) is 13.0. The molecule has 20 heavy (non-hydrogen) atoms. The van der Waals surface area contributed by atoms with Gasteiger partial charge in [0.15, 0.2) is 0 Å². The number of aliphatic hydroxyl groups excluding tert-OH is 1. The Balaban J connectivity index is 2.63. The lowest BCUT2D eigenvalue weighted by atomic mass is 9.88. The molecule has 0 aliphatic heterocycles. The zero-order chi connectivity index (χ0) is 14.9. The first-order valence-corrected chi connectivity index (χ1v) is 7.64. The maximum atomic E-state index is 10.6. The van der Waals surface area contributed by atoms with Crippen LogP contribution in [-0.2, 0) is 0 Å². The normalized spacial score (nSPS) is 15.8. The second-order valence-corrected chi connectivity index (χ2v) is 6.41. The Morgan fingerprint density at radius 1 is 1.05 bits per heavy atom. The topological polar surface area (TPSA) is 40.5 Å². The lowest BCUT2D eigenvalue weighted by Gasteiger charge is -2.18. The lowest BCUT2D eigenvalue weighted by molar-refractivity contribution is 0.328. The van der Waals surface area contributed by atoms with E-state index in [4.69, 9.17) is 0 Å². The van der Waals surface area contributed by atoms with Crippen LogP contribution >= 0.6 is 0 Å². The van der Waals surface area contributed by atoms with Gasteiger partial charge in [-0.2, -0.15) is 0 Å². The maximum absolute atomic E-state index is 10.6. The number of hydrogen-bond donors (Lipinski definition) is 2. The Morgan fingerprint density at radius 2 is 1.75 bits per heavy atom. The van der Waals surface area contributed by atoms with Crippen molar-refractivity contribution in [3.63, 3.8) is 0 Å². The van der Waals surface area contributed by atoms with Crippen molar-refractivity contribution in [2.75, 3.05) is 6.61 Å². The molecule has 2 nitrogen and oxygen atoms in total. The lowest BCUT2D eigenvalue weighted by Crippen LogP contribution is -1.99. The Hall–Kier alpha value is -1.28. The number of hydrogen-bond acceptors (Lipinski definition) is 2. The van der Waals surface area contributed by atoms with Crippen LogP contribution in [-0.4, -0.2) is 16.8 Å². The standard InChI is InChI=1S/C18H26O2/c1-11(2)14-8-16(12(3)4)18(20)17(9-14)15-7-5-6-13(15)10-19/h8-9,11-12,19-20H,5-7,10H2,1-4H3. The molecule has 0 heterocycles. The van der Waals surface area contributed by atoms with Crippen molar-refractivity contribution in [1.82, 2.24) is 0 Å². The highest BCUT2D eigenvalue weighted by atomic mass is 16.3. The fourth-order valence-electron chi connectivity index (χ4n) is 2.99. The third kappa shape index (κ3) is 2.76. The van der Waals surface area contributed by atoms with Gasteiger partial charge in [-0.25, -0.2) is 0 Å². The first-order chi connectivity index (χ1) is 9.45. The molecule has 0 bridgehead atoms. The van der Waals surface area contributed by atoms with Gasteiger partial charge in [0.25, 0.3) is 0 Å². The molecule has 0 saturated carbocycles. The molecule has 2 rings (SSSR count). The second kappa shape index (κ2) is 6.01. The van der Waals surface area contributed by atoms with Gasteiger partial charge in [0.1, 0.15) is 5.75 Å². The van der Waals surface area contributed by atoms with Gasteiger partial charge in [0, 0.05) is 5.56 Å². The summed E-state index contributed by atoms with van der Waals surface area (Å²) in [5.41, 5.74) is 5.48. The van der Waals surface area contributed by atoms with E-state index < -0.39 is 0 Å². The van der Waals surface area contributed by atoms with Crippen LogP contribution in [0.4, 0.5) is 0 Å². The summed E-state index contributed by atoms with van der Waals surface area (Å²) in [6, 6.07) is 4.24. The van der Waals surface area contributed by atoms with Gasteiger partial charge in [-0.15, -0.1) is 0 Å². The van der Waals surface area contributed by atoms with E-state index in [1.54, 1.807) is 0 Å². The van der Waals surface area contributed by atoms with Crippen LogP contribution in [0.5, 0.6) is 5.75 Å². The summed E-state index contributed by atoms with van der Waals surface area (Å²) in [5.74, 6) is 1.14. The third-order valence-corrected chi connectivity index (χ3v) is 4.30. The van der Waals surface area contributed by atoms with Gasteiger partial charge in [-0.3, -0.25) is 0 Å². The molecular weight excluding hydrogens is 248 g/mol. The van der Waals surface area contributed by atoms with Crippen molar-refractivity contribution >= 4 is 5.57 Å². The molecule has 0 fully saturated rings. The predicted octanol–water partition coefficient (Wildman–Crippen LogP) is 4.57. The number of phenols is 1. The Morgan fingerprint density at radius 3 is 2.30 bits per heavy atom. The van der Waals surface area contributed by atoms with Gasteiger partial charge >= 0.3 is 0 Å². The van der Waals surface area contributed by atoms with Gasteiger partial charge in [0.05, 0.1) is 6.61 Å². The number of aromatic hydroxyl groups is 1. The molecule has 0 aromatic heterocycles. The summed E-state index contributed by atoms with van der Waals surface area (Å²) in [4.78, 5) is 0. The molecule has 2 heteroatoms. The average molecular weight is 274 g/mol. The Labute approximate surface area is 122 Å². The molecule has 110 valence electrons. The van der Waals surface area contributed by atoms with Crippen LogP contribution in [0.1, 0.15) is 75.5 Å². The van der Waals surface area contributed by atoms with Crippen LogP contribution < -0.4 is 0 Å². The summed E-state index contributed by atoms with van der Waals surface area (Å²) in [7, 11) is 0. The van der Waals surface area contributed by atoms with Gasteiger partial charge in [0.2, 0.25) is 0 Å². The van der Waals surface area contributed by atoms with Gasteiger partial charge in [-0.1, -0.05) is 33.8 Å². The molecule has 1 aromatic carbocycles. The fraction of sp³-hybridized carbons (Fsp3) is 0.556. The molecular formula is C18H26O2. The molecule has 0 unspecified atom stereocenters.